The molecule has 0 aliphatic carbocycles. The van der Waals surface area contributed by atoms with Gasteiger partial charge in [-0.25, -0.2) is 9.78 Å². The first-order chi connectivity index (χ1) is 16.1. The van der Waals surface area contributed by atoms with Gasteiger partial charge in [0, 0.05) is 43.4 Å². The smallest absolute Gasteiger partial charge is 0.330 e. The van der Waals surface area contributed by atoms with Crippen molar-refractivity contribution in [3.8, 4) is 0 Å². The molecule has 6 rings (SSSR count). The highest BCUT2D eigenvalue weighted by Crippen LogP contribution is 2.28. The number of rotatable bonds is 4. The summed E-state index contributed by atoms with van der Waals surface area (Å²) in [4.78, 5) is 29.3. The molecule has 3 aromatic heterocycles. The highest BCUT2D eigenvalue weighted by Gasteiger charge is 2.31. The Morgan fingerprint density at radius 3 is 2.70 bits per heavy atom. The number of imidazole rings is 1. The first-order valence-corrected chi connectivity index (χ1v) is 11.5. The van der Waals surface area contributed by atoms with E-state index in [1.165, 1.54) is 0 Å². The summed E-state index contributed by atoms with van der Waals surface area (Å²) in [6.07, 6.45) is 5.39. The molecule has 0 amide bonds. The second kappa shape index (κ2) is 7.93. The van der Waals surface area contributed by atoms with E-state index in [-0.39, 0.29) is 11.7 Å². The summed E-state index contributed by atoms with van der Waals surface area (Å²) in [6.45, 7) is 5.63. The number of aromatic nitrogens is 5. The van der Waals surface area contributed by atoms with Gasteiger partial charge < -0.3 is 10.1 Å². The average Bonchev–Trinajstić information content (AvgIpc) is 3.03. The number of piperidine rings is 1. The molecule has 2 saturated heterocycles. The summed E-state index contributed by atoms with van der Waals surface area (Å²) in [7, 11) is 1.79. The summed E-state index contributed by atoms with van der Waals surface area (Å²) in [5.74, 6) is 0.484. The Labute approximate surface area is 191 Å². The largest absolute Gasteiger partial charge is 0.378 e. The number of nitrogens with zero attached hydrogens (tertiary/aromatic N) is 6. The van der Waals surface area contributed by atoms with E-state index in [0.717, 1.165) is 66.8 Å². The zero-order valence-electron chi connectivity index (χ0n) is 18.9. The van der Waals surface area contributed by atoms with Crippen LogP contribution in [0.1, 0.15) is 24.4 Å². The van der Waals surface area contributed by atoms with Crippen LogP contribution in [0.25, 0.3) is 22.1 Å². The third kappa shape index (κ3) is 3.48. The van der Waals surface area contributed by atoms with Gasteiger partial charge in [-0.3, -0.25) is 19.0 Å². The van der Waals surface area contributed by atoms with E-state index in [9.17, 15) is 4.79 Å². The van der Waals surface area contributed by atoms with Crippen molar-refractivity contribution in [2.75, 3.05) is 31.6 Å². The quantitative estimate of drug-likeness (QED) is 0.517. The van der Waals surface area contributed by atoms with Crippen molar-refractivity contribution in [1.29, 1.82) is 0 Å². The maximum atomic E-state index is 13.1. The Kier molecular flexibility index (Phi) is 4.88. The van der Waals surface area contributed by atoms with Crippen LogP contribution in [0.3, 0.4) is 0 Å². The van der Waals surface area contributed by atoms with E-state index >= 15 is 0 Å². The fourth-order valence-corrected chi connectivity index (χ4v) is 4.95. The van der Waals surface area contributed by atoms with Crippen LogP contribution in [0.5, 0.6) is 0 Å². The third-order valence-electron chi connectivity index (χ3n) is 7.03. The van der Waals surface area contributed by atoms with E-state index in [2.05, 4.69) is 32.3 Å². The van der Waals surface area contributed by atoms with Crippen molar-refractivity contribution in [3.63, 3.8) is 0 Å². The molecule has 4 aromatic rings. The van der Waals surface area contributed by atoms with Crippen LogP contribution < -0.4 is 11.0 Å². The number of benzene rings is 1. The highest BCUT2D eigenvalue weighted by atomic mass is 16.5. The number of hydrogen-bond donors (Lipinski definition) is 1. The molecular formula is C24H27N7O2. The number of pyridine rings is 1. The zero-order valence-corrected chi connectivity index (χ0v) is 18.9. The number of nitrogens with one attached hydrogen (secondary N) is 1. The minimum absolute atomic E-state index is 0.0326. The third-order valence-corrected chi connectivity index (χ3v) is 7.03. The summed E-state index contributed by atoms with van der Waals surface area (Å²) in [5, 5.41) is 4.40. The maximum Gasteiger partial charge on any atom is 0.330 e. The van der Waals surface area contributed by atoms with Gasteiger partial charge in [0.15, 0.2) is 5.65 Å². The molecule has 2 aliphatic heterocycles. The van der Waals surface area contributed by atoms with Gasteiger partial charge in [-0.15, -0.1) is 0 Å². The summed E-state index contributed by atoms with van der Waals surface area (Å²) >= 11 is 0. The van der Waals surface area contributed by atoms with Gasteiger partial charge in [-0.05, 0) is 43.5 Å². The Hall–Kier alpha value is -3.30. The monoisotopic (exact) mass is 445 g/mol. The first kappa shape index (κ1) is 20.3. The lowest BCUT2D eigenvalue weighted by molar-refractivity contribution is -0.0731. The molecule has 2 fully saturated rings. The molecule has 0 bridgehead atoms. The van der Waals surface area contributed by atoms with Gasteiger partial charge in [0.25, 0.3) is 0 Å². The second-order valence-electron chi connectivity index (χ2n) is 9.06. The van der Waals surface area contributed by atoms with Gasteiger partial charge in [0.1, 0.15) is 5.52 Å². The van der Waals surface area contributed by atoms with Crippen molar-refractivity contribution in [1.82, 2.24) is 29.0 Å². The van der Waals surface area contributed by atoms with Crippen LogP contribution >= 0.6 is 0 Å². The lowest BCUT2D eigenvalue weighted by atomic mass is 10.0. The lowest BCUT2D eigenvalue weighted by Gasteiger charge is -2.41. The molecule has 1 aromatic carbocycles. The predicted molar refractivity (Wildman–Crippen MR) is 127 cm³/mol. The number of likely N-dealkylation sites (tertiary alicyclic amines) is 1. The lowest BCUT2D eigenvalue weighted by Crippen LogP contribution is -2.52. The predicted octanol–water partition coefficient (Wildman–Crippen LogP) is 2.77. The number of hydrogen-bond acceptors (Lipinski definition) is 7. The van der Waals surface area contributed by atoms with Crippen LogP contribution in [0.15, 0.2) is 41.5 Å². The topological polar surface area (TPSA) is 90.1 Å². The van der Waals surface area contributed by atoms with Gasteiger partial charge in [0.2, 0.25) is 5.95 Å². The van der Waals surface area contributed by atoms with Crippen molar-refractivity contribution in [2.24, 2.45) is 7.05 Å². The van der Waals surface area contributed by atoms with Crippen LogP contribution in [-0.2, 0) is 11.8 Å². The van der Waals surface area contributed by atoms with E-state index in [1.54, 1.807) is 24.0 Å². The first-order valence-electron chi connectivity index (χ1n) is 11.5. The second-order valence-corrected chi connectivity index (χ2v) is 9.06. The van der Waals surface area contributed by atoms with Crippen LogP contribution in [0.2, 0.25) is 0 Å². The number of aryl methyl sites for hydroxylation is 2. The molecule has 0 atom stereocenters. The molecule has 2 aliphatic rings. The highest BCUT2D eigenvalue weighted by molar-refractivity contribution is 5.85. The SMILES string of the molecule is Cc1cc2ncccc2cc1Nc1ncc2c(n1)n(C1CCN(C3COC3)CC1)c(=O)n2C. The van der Waals surface area contributed by atoms with E-state index in [0.29, 0.717) is 17.6 Å². The van der Waals surface area contributed by atoms with E-state index < -0.39 is 0 Å². The fraction of sp³-hybridized carbons (Fsp3) is 0.417. The molecule has 170 valence electrons. The molecule has 0 radical (unpaired) electrons. The van der Waals surface area contributed by atoms with Crippen molar-refractivity contribution >= 4 is 33.7 Å². The molecule has 1 N–H and O–H groups in total. The molecule has 33 heavy (non-hydrogen) atoms. The number of fused-ring (bicyclic) bond motifs is 2. The Morgan fingerprint density at radius 2 is 1.94 bits per heavy atom. The maximum absolute atomic E-state index is 13.1. The van der Waals surface area contributed by atoms with E-state index in [4.69, 9.17) is 9.72 Å². The summed E-state index contributed by atoms with van der Waals surface area (Å²) in [6, 6.07) is 8.74. The van der Waals surface area contributed by atoms with Gasteiger partial charge in [0.05, 0.1) is 31.0 Å². The van der Waals surface area contributed by atoms with Crippen LogP contribution in [0.4, 0.5) is 11.6 Å². The molecule has 5 heterocycles. The van der Waals surface area contributed by atoms with E-state index in [1.807, 2.05) is 23.6 Å². The van der Waals surface area contributed by atoms with Crippen LogP contribution in [0, 0.1) is 6.92 Å². The van der Waals surface area contributed by atoms with Crippen molar-refractivity contribution < 1.29 is 4.74 Å². The molecule has 0 unspecified atom stereocenters. The molecular weight excluding hydrogens is 418 g/mol. The van der Waals surface area contributed by atoms with Gasteiger partial charge in [-0.1, -0.05) is 6.07 Å². The number of ether oxygens (including phenoxy) is 1. The molecule has 9 heteroatoms. The molecule has 0 spiro atoms. The normalized spacial score (nSPS) is 18.1. The Bertz CT molecular complexity index is 1400. The Balaban J connectivity index is 1.33. The minimum Gasteiger partial charge on any atom is -0.378 e. The fourth-order valence-electron chi connectivity index (χ4n) is 4.95. The average molecular weight is 446 g/mol. The minimum atomic E-state index is -0.0326. The van der Waals surface area contributed by atoms with Gasteiger partial charge in [-0.2, -0.15) is 4.98 Å². The Morgan fingerprint density at radius 1 is 1.12 bits per heavy atom. The number of anilines is 2. The molecule has 9 nitrogen and oxygen atoms in total. The van der Waals surface area contributed by atoms with Crippen molar-refractivity contribution in [3.05, 3.63) is 52.7 Å². The summed E-state index contributed by atoms with van der Waals surface area (Å²) in [5.41, 5.74) is 4.34. The van der Waals surface area contributed by atoms with Crippen molar-refractivity contribution in [2.45, 2.75) is 31.8 Å². The standard InChI is InChI=1S/C24H27N7O2/c1-15-10-20-16(4-3-7-25-20)11-19(15)27-23-26-12-21-22(28-23)31(24(32)29(21)2)17-5-8-30(9-6-17)18-13-33-14-18/h3-4,7,10-12,17-18H,5-6,8-9,13-14H2,1-2H3,(H,26,27,28). The van der Waals surface area contributed by atoms with Crippen LogP contribution in [-0.4, -0.2) is 61.3 Å². The van der Waals surface area contributed by atoms with Gasteiger partial charge >= 0.3 is 5.69 Å². The zero-order chi connectivity index (χ0) is 22.5. The summed E-state index contributed by atoms with van der Waals surface area (Å²) < 4.78 is 8.87. The molecule has 0 saturated carbocycles.